The van der Waals surface area contributed by atoms with Crippen LogP contribution in [0.1, 0.15) is 12.8 Å². The molecule has 1 aromatic heterocycles. The molecule has 1 fully saturated rings. The van der Waals surface area contributed by atoms with Crippen molar-refractivity contribution in [2.45, 2.75) is 18.9 Å². The van der Waals surface area contributed by atoms with Gasteiger partial charge in [0.2, 0.25) is 0 Å². The molecule has 0 saturated carbocycles. The fraction of sp³-hybridized carbons (Fsp3) is 0.429. The van der Waals surface area contributed by atoms with Gasteiger partial charge < -0.3 is 9.88 Å². The van der Waals surface area contributed by atoms with Gasteiger partial charge in [0.15, 0.2) is 15.7 Å². The van der Waals surface area contributed by atoms with Crippen molar-refractivity contribution < 1.29 is 8.42 Å². The lowest BCUT2D eigenvalue weighted by Gasteiger charge is -2.25. The minimum atomic E-state index is -2.92. The van der Waals surface area contributed by atoms with Gasteiger partial charge in [-0.05, 0) is 25.0 Å². The van der Waals surface area contributed by atoms with E-state index in [1.807, 2.05) is 35.9 Å². The lowest BCUT2D eigenvalue weighted by Crippen LogP contribution is -2.34. The SMILES string of the molecule is Cn1cnnc1-c1ccccc1NC1CCCS(=O)(=O)C1. The van der Waals surface area contributed by atoms with Gasteiger partial charge >= 0.3 is 0 Å². The summed E-state index contributed by atoms with van der Waals surface area (Å²) in [6, 6.07) is 7.74. The van der Waals surface area contributed by atoms with Crippen molar-refractivity contribution in [1.29, 1.82) is 0 Å². The van der Waals surface area contributed by atoms with Crippen LogP contribution in [0.2, 0.25) is 0 Å². The molecule has 1 saturated heterocycles. The Hall–Kier alpha value is -1.89. The molecule has 3 rings (SSSR count). The topological polar surface area (TPSA) is 76.9 Å². The molecule has 7 heteroatoms. The average molecular weight is 306 g/mol. The van der Waals surface area contributed by atoms with Crippen LogP contribution in [-0.4, -0.2) is 40.7 Å². The molecule has 0 aliphatic carbocycles. The van der Waals surface area contributed by atoms with Gasteiger partial charge in [-0.2, -0.15) is 0 Å². The number of anilines is 1. The third kappa shape index (κ3) is 3.07. The van der Waals surface area contributed by atoms with E-state index in [4.69, 9.17) is 0 Å². The van der Waals surface area contributed by atoms with Gasteiger partial charge in [0.05, 0.1) is 11.5 Å². The molecular weight excluding hydrogens is 288 g/mol. The van der Waals surface area contributed by atoms with Crippen LogP contribution < -0.4 is 5.32 Å². The van der Waals surface area contributed by atoms with Crippen molar-refractivity contribution in [2.75, 3.05) is 16.8 Å². The maximum absolute atomic E-state index is 11.8. The molecular formula is C14H18N4O2S. The Balaban J connectivity index is 1.88. The first kappa shape index (κ1) is 14.1. The summed E-state index contributed by atoms with van der Waals surface area (Å²) in [5.74, 6) is 1.26. The highest BCUT2D eigenvalue weighted by atomic mass is 32.2. The van der Waals surface area contributed by atoms with Crippen molar-refractivity contribution in [3.63, 3.8) is 0 Å². The Morgan fingerprint density at radius 2 is 2.14 bits per heavy atom. The molecule has 1 N–H and O–H groups in total. The van der Waals surface area contributed by atoms with Crippen LogP contribution in [0, 0.1) is 0 Å². The van der Waals surface area contributed by atoms with Gasteiger partial charge in [0.1, 0.15) is 6.33 Å². The second-order valence-corrected chi connectivity index (χ2v) is 7.64. The number of aromatic nitrogens is 3. The van der Waals surface area contributed by atoms with Gasteiger partial charge in [0.25, 0.3) is 0 Å². The lowest BCUT2D eigenvalue weighted by molar-refractivity contribution is 0.562. The molecule has 1 aliphatic heterocycles. The van der Waals surface area contributed by atoms with Crippen LogP contribution in [0.5, 0.6) is 0 Å². The number of para-hydroxylation sites is 1. The van der Waals surface area contributed by atoms with Crippen LogP contribution in [0.3, 0.4) is 0 Å². The minimum absolute atomic E-state index is 0.0434. The summed E-state index contributed by atoms with van der Waals surface area (Å²) in [4.78, 5) is 0. The summed E-state index contributed by atoms with van der Waals surface area (Å²) in [6.45, 7) is 0. The first-order valence-electron chi connectivity index (χ1n) is 6.95. The normalized spacial score (nSPS) is 21.1. The zero-order valence-electron chi connectivity index (χ0n) is 11.9. The summed E-state index contributed by atoms with van der Waals surface area (Å²) >= 11 is 0. The fourth-order valence-electron chi connectivity index (χ4n) is 2.69. The quantitative estimate of drug-likeness (QED) is 0.929. The Morgan fingerprint density at radius 3 is 2.86 bits per heavy atom. The third-order valence-corrected chi connectivity index (χ3v) is 5.52. The van der Waals surface area contributed by atoms with Gasteiger partial charge in [-0.25, -0.2) is 8.42 Å². The third-order valence-electron chi connectivity index (χ3n) is 3.70. The largest absolute Gasteiger partial charge is 0.381 e. The maximum Gasteiger partial charge on any atom is 0.165 e. The molecule has 6 nitrogen and oxygen atoms in total. The molecule has 0 radical (unpaired) electrons. The first-order chi connectivity index (χ1) is 10.1. The highest BCUT2D eigenvalue weighted by Crippen LogP contribution is 2.27. The van der Waals surface area contributed by atoms with E-state index < -0.39 is 9.84 Å². The van der Waals surface area contributed by atoms with Gasteiger partial charge in [0, 0.05) is 24.3 Å². The Bertz CT molecular complexity index is 739. The molecule has 1 unspecified atom stereocenters. The molecule has 0 bridgehead atoms. The van der Waals surface area contributed by atoms with Crippen molar-refractivity contribution in [3.05, 3.63) is 30.6 Å². The van der Waals surface area contributed by atoms with Crippen molar-refractivity contribution >= 4 is 15.5 Å². The van der Waals surface area contributed by atoms with Crippen LogP contribution in [0.15, 0.2) is 30.6 Å². The molecule has 112 valence electrons. The lowest BCUT2D eigenvalue weighted by atomic mass is 10.1. The second kappa shape index (κ2) is 5.48. The zero-order valence-corrected chi connectivity index (χ0v) is 12.7. The average Bonchev–Trinajstić information content (AvgIpc) is 2.84. The predicted molar refractivity (Wildman–Crippen MR) is 81.7 cm³/mol. The number of nitrogens with zero attached hydrogens (tertiary/aromatic N) is 3. The van der Waals surface area contributed by atoms with Crippen molar-refractivity contribution in [1.82, 2.24) is 14.8 Å². The number of hydrogen-bond donors (Lipinski definition) is 1. The Morgan fingerprint density at radius 1 is 1.33 bits per heavy atom. The van der Waals surface area contributed by atoms with E-state index in [9.17, 15) is 8.42 Å². The Kier molecular flexibility index (Phi) is 3.67. The van der Waals surface area contributed by atoms with E-state index in [1.54, 1.807) is 6.33 Å². The summed E-state index contributed by atoms with van der Waals surface area (Å²) in [6.07, 6.45) is 3.23. The van der Waals surface area contributed by atoms with Gasteiger partial charge in [-0.1, -0.05) is 12.1 Å². The summed E-state index contributed by atoms with van der Waals surface area (Å²) in [7, 11) is -1.04. The van der Waals surface area contributed by atoms with Crippen LogP contribution >= 0.6 is 0 Å². The van der Waals surface area contributed by atoms with E-state index in [0.29, 0.717) is 12.2 Å². The molecule has 0 amide bonds. The Labute approximate surface area is 124 Å². The molecule has 21 heavy (non-hydrogen) atoms. The van der Waals surface area contributed by atoms with Crippen LogP contribution in [0.25, 0.3) is 11.4 Å². The number of sulfone groups is 1. The predicted octanol–water partition coefficient (Wildman–Crippen LogP) is 1.47. The summed E-state index contributed by atoms with van der Waals surface area (Å²) in [5.41, 5.74) is 1.83. The molecule has 2 aromatic rings. The molecule has 1 aromatic carbocycles. The van der Waals surface area contributed by atoms with Gasteiger partial charge in [-0.15, -0.1) is 10.2 Å². The molecule has 1 aliphatic rings. The van der Waals surface area contributed by atoms with E-state index >= 15 is 0 Å². The number of rotatable bonds is 3. The van der Waals surface area contributed by atoms with Crippen LogP contribution in [0.4, 0.5) is 5.69 Å². The fourth-order valence-corrected chi connectivity index (χ4v) is 4.32. The van der Waals surface area contributed by atoms with Gasteiger partial charge in [-0.3, -0.25) is 0 Å². The maximum atomic E-state index is 11.8. The minimum Gasteiger partial charge on any atom is -0.381 e. The van der Waals surface area contributed by atoms with E-state index in [0.717, 1.165) is 23.5 Å². The smallest absolute Gasteiger partial charge is 0.165 e. The molecule has 2 heterocycles. The number of hydrogen-bond acceptors (Lipinski definition) is 5. The van der Waals surface area contributed by atoms with E-state index in [1.165, 1.54) is 0 Å². The van der Waals surface area contributed by atoms with E-state index in [-0.39, 0.29) is 11.8 Å². The highest BCUT2D eigenvalue weighted by Gasteiger charge is 2.25. The first-order valence-corrected chi connectivity index (χ1v) is 8.78. The molecule has 0 spiro atoms. The number of aryl methyl sites for hydroxylation is 1. The van der Waals surface area contributed by atoms with Crippen LogP contribution in [-0.2, 0) is 16.9 Å². The number of benzene rings is 1. The number of nitrogens with one attached hydrogen (secondary N) is 1. The molecule has 1 atom stereocenters. The monoisotopic (exact) mass is 306 g/mol. The van der Waals surface area contributed by atoms with Crippen molar-refractivity contribution in [2.24, 2.45) is 7.05 Å². The summed E-state index contributed by atoms with van der Waals surface area (Å²) < 4.78 is 25.4. The highest BCUT2D eigenvalue weighted by molar-refractivity contribution is 7.91. The van der Waals surface area contributed by atoms with Crippen molar-refractivity contribution in [3.8, 4) is 11.4 Å². The zero-order chi connectivity index (χ0) is 14.9. The summed E-state index contributed by atoms with van der Waals surface area (Å²) in [5, 5.41) is 11.4. The second-order valence-electron chi connectivity index (χ2n) is 5.41. The van der Waals surface area contributed by atoms with E-state index in [2.05, 4.69) is 15.5 Å². The standard InChI is InChI=1S/C14H18N4O2S/c1-18-10-15-17-14(18)12-6-2-3-7-13(12)16-11-5-4-8-21(19,20)9-11/h2-3,6-7,10-11,16H,4-5,8-9H2,1H3.